The highest BCUT2D eigenvalue weighted by Gasteiger charge is 2.56. The Bertz CT molecular complexity index is 666. The van der Waals surface area contributed by atoms with Gasteiger partial charge in [-0.15, -0.1) is 0 Å². The number of hydrogen-bond acceptors (Lipinski definition) is 3. The third-order valence-electron chi connectivity index (χ3n) is 10.0. The van der Waals surface area contributed by atoms with Crippen molar-refractivity contribution in [3.8, 4) is 0 Å². The first-order chi connectivity index (χ1) is 16.4. The van der Waals surface area contributed by atoms with Crippen LogP contribution in [0, 0.1) is 16.7 Å². The number of thioether (sulfide) groups is 1. The Morgan fingerprint density at radius 2 is 1.26 bits per heavy atom. The zero-order chi connectivity index (χ0) is 24.5. The van der Waals surface area contributed by atoms with Crippen molar-refractivity contribution in [2.45, 2.75) is 160 Å². The van der Waals surface area contributed by atoms with Gasteiger partial charge in [-0.3, -0.25) is 14.9 Å². The topological polar surface area (TPSA) is 46.2 Å². The van der Waals surface area contributed by atoms with E-state index in [4.69, 9.17) is 0 Å². The normalized spacial score (nSPS) is 36.0. The highest BCUT2D eigenvalue weighted by Crippen LogP contribution is 2.58. The van der Waals surface area contributed by atoms with Crippen LogP contribution in [-0.2, 0) is 4.79 Å². The molecule has 0 aromatic carbocycles. The fourth-order valence-electron chi connectivity index (χ4n) is 7.72. The molecular formula is C30H53NO2S. The van der Waals surface area contributed by atoms with E-state index in [1.54, 1.807) is 0 Å². The lowest BCUT2D eigenvalue weighted by Gasteiger charge is -2.51. The van der Waals surface area contributed by atoms with E-state index in [0.29, 0.717) is 5.41 Å². The van der Waals surface area contributed by atoms with E-state index in [0.717, 1.165) is 0 Å². The molecule has 2 amide bonds. The van der Waals surface area contributed by atoms with Gasteiger partial charge in [-0.25, -0.2) is 0 Å². The summed E-state index contributed by atoms with van der Waals surface area (Å²) in [5, 5.41) is 2.51. The van der Waals surface area contributed by atoms with Crippen molar-refractivity contribution in [1.82, 2.24) is 5.32 Å². The van der Waals surface area contributed by atoms with Gasteiger partial charge in [0.25, 0.3) is 5.24 Å². The smallest absolute Gasteiger partial charge is 0.286 e. The minimum absolute atomic E-state index is 0.0380. The van der Waals surface area contributed by atoms with Crippen molar-refractivity contribution < 1.29 is 9.59 Å². The molecular weight excluding hydrogens is 438 g/mol. The average molecular weight is 492 g/mol. The summed E-state index contributed by atoms with van der Waals surface area (Å²) in [4.78, 5) is 25.5. The molecule has 34 heavy (non-hydrogen) atoms. The Hall–Kier alpha value is -0.510. The molecule has 0 spiro atoms. The minimum Gasteiger partial charge on any atom is -0.286 e. The summed E-state index contributed by atoms with van der Waals surface area (Å²) in [7, 11) is 0. The Kier molecular flexibility index (Phi) is 10.9. The van der Waals surface area contributed by atoms with Crippen molar-refractivity contribution in [2.75, 3.05) is 0 Å². The predicted octanol–water partition coefficient (Wildman–Crippen LogP) is 9.58. The van der Waals surface area contributed by atoms with Crippen LogP contribution in [0.4, 0.5) is 4.79 Å². The van der Waals surface area contributed by atoms with Gasteiger partial charge in [0.05, 0.1) is 0 Å². The lowest BCUT2D eigenvalue weighted by molar-refractivity contribution is -0.124. The molecule has 2 bridgehead atoms. The Labute approximate surface area is 214 Å². The monoisotopic (exact) mass is 491 g/mol. The van der Waals surface area contributed by atoms with Crippen LogP contribution in [0.5, 0.6) is 0 Å². The third-order valence-corrected chi connectivity index (χ3v) is 11.3. The van der Waals surface area contributed by atoms with E-state index in [1.807, 2.05) is 0 Å². The van der Waals surface area contributed by atoms with E-state index < -0.39 is 4.75 Å². The lowest BCUT2D eigenvalue weighted by atomic mass is 9.55. The Morgan fingerprint density at radius 1 is 0.794 bits per heavy atom. The van der Waals surface area contributed by atoms with Crippen LogP contribution in [0.2, 0.25) is 0 Å². The number of amides is 2. The first-order valence-corrected chi connectivity index (χ1v) is 15.7. The SMILES string of the molecule is CCCCC12CCCCCCCCCC(C(C)C3(C)SC(=O)NC3=O)(CCCCCCCC1)C2. The minimum atomic E-state index is -0.634. The van der Waals surface area contributed by atoms with Gasteiger partial charge in [0.2, 0.25) is 5.91 Å². The van der Waals surface area contributed by atoms with E-state index in [-0.39, 0.29) is 22.5 Å². The fourth-order valence-corrected chi connectivity index (χ4v) is 8.82. The van der Waals surface area contributed by atoms with Crippen molar-refractivity contribution in [3.63, 3.8) is 0 Å². The highest BCUT2D eigenvalue weighted by atomic mass is 32.2. The summed E-state index contributed by atoms with van der Waals surface area (Å²) >= 11 is 1.29. The Morgan fingerprint density at radius 3 is 1.71 bits per heavy atom. The van der Waals surface area contributed by atoms with Crippen molar-refractivity contribution in [1.29, 1.82) is 0 Å². The van der Waals surface area contributed by atoms with Gasteiger partial charge in [0.1, 0.15) is 4.75 Å². The zero-order valence-electron chi connectivity index (χ0n) is 22.7. The second-order valence-corrected chi connectivity index (χ2v) is 13.8. The number of carbonyl (C=O) groups excluding carboxylic acids is 2. The molecule has 196 valence electrons. The molecule has 0 aromatic rings. The van der Waals surface area contributed by atoms with Gasteiger partial charge in [-0.05, 0) is 74.0 Å². The number of hydrogen-bond donors (Lipinski definition) is 1. The molecule has 1 N–H and O–H groups in total. The average Bonchev–Trinajstić information content (AvgIpc) is 3.05. The van der Waals surface area contributed by atoms with E-state index in [2.05, 4.69) is 26.1 Å². The molecule has 3 rings (SSSR count). The standard InChI is InChI=1S/C30H53NO2S/c1-4-5-19-29-20-15-11-7-6-8-13-17-22-30(24-29,23-18-14-10-9-12-16-21-29)25(2)28(3)26(32)31-27(33)34-28/h25H,4-24H2,1-3H3,(H,31,32,33). The van der Waals surface area contributed by atoms with Crippen LogP contribution < -0.4 is 5.32 Å². The summed E-state index contributed by atoms with van der Waals surface area (Å²) in [6.45, 7) is 6.77. The largest absolute Gasteiger partial charge is 0.286 e. The molecule has 2 saturated carbocycles. The molecule has 3 aliphatic rings. The van der Waals surface area contributed by atoms with Gasteiger partial charge < -0.3 is 0 Å². The fraction of sp³-hybridized carbons (Fsp3) is 0.933. The highest BCUT2D eigenvalue weighted by molar-refractivity contribution is 8.16. The molecule has 1 saturated heterocycles. The molecule has 0 aromatic heterocycles. The maximum atomic E-state index is 13.2. The molecule has 1 heterocycles. The molecule has 3 fully saturated rings. The number of fused-ring (bicyclic) bond motifs is 2. The van der Waals surface area contributed by atoms with Crippen LogP contribution in [0.3, 0.4) is 0 Å². The van der Waals surface area contributed by atoms with Crippen molar-refractivity contribution >= 4 is 22.9 Å². The maximum Gasteiger partial charge on any atom is 0.286 e. The van der Waals surface area contributed by atoms with Gasteiger partial charge in [-0.1, -0.05) is 110 Å². The summed E-state index contributed by atoms with van der Waals surface area (Å²) in [6, 6.07) is 0. The first-order valence-electron chi connectivity index (χ1n) is 14.9. The second kappa shape index (κ2) is 13.2. The van der Waals surface area contributed by atoms with Gasteiger partial charge in [-0.2, -0.15) is 0 Å². The first kappa shape index (κ1) is 28.1. The van der Waals surface area contributed by atoms with Crippen molar-refractivity contribution in [2.24, 2.45) is 16.7 Å². The summed E-state index contributed by atoms with van der Waals surface area (Å²) in [5.74, 6) is 0.171. The van der Waals surface area contributed by atoms with Crippen LogP contribution in [0.25, 0.3) is 0 Å². The van der Waals surface area contributed by atoms with Gasteiger partial charge >= 0.3 is 0 Å². The summed E-state index contributed by atoms with van der Waals surface area (Å²) in [5.41, 5.74) is 0.564. The molecule has 1 aliphatic heterocycles. The summed E-state index contributed by atoms with van der Waals surface area (Å²) in [6.07, 6.45) is 28.1. The number of imide groups is 1. The van der Waals surface area contributed by atoms with Gasteiger partial charge in [0.15, 0.2) is 0 Å². The molecule has 0 radical (unpaired) electrons. The van der Waals surface area contributed by atoms with E-state index in [9.17, 15) is 9.59 Å². The van der Waals surface area contributed by atoms with Gasteiger partial charge in [0, 0.05) is 0 Å². The number of carbonyl (C=O) groups is 2. The van der Waals surface area contributed by atoms with Crippen molar-refractivity contribution in [3.05, 3.63) is 0 Å². The number of rotatable bonds is 5. The quantitative estimate of drug-likeness (QED) is 0.416. The van der Waals surface area contributed by atoms with Crippen LogP contribution in [0.1, 0.15) is 156 Å². The van der Waals surface area contributed by atoms with Crippen LogP contribution in [-0.4, -0.2) is 15.9 Å². The number of unbranched alkanes of at least 4 members (excludes halogenated alkanes) is 1. The third kappa shape index (κ3) is 7.04. The number of nitrogens with one attached hydrogen (secondary N) is 1. The molecule has 3 nitrogen and oxygen atoms in total. The predicted molar refractivity (Wildman–Crippen MR) is 146 cm³/mol. The van der Waals surface area contributed by atoms with Crippen LogP contribution >= 0.6 is 11.8 Å². The molecule has 4 unspecified atom stereocenters. The Balaban J connectivity index is 2.03. The van der Waals surface area contributed by atoms with E-state index in [1.165, 1.54) is 147 Å². The lowest BCUT2D eigenvalue weighted by Crippen LogP contribution is -2.49. The zero-order valence-corrected chi connectivity index (χ0v) is 23.5. The van der Waals surface area contributed by atoms with Crippen LogP contribution in [0.15, 0.2) is 0 Å². The molecule has 4 atom stereocenters. The summed E-state index contributed by atoms with van der Waals surface area (Å²) < 4.78 is -0.634. The van der Waals surface area contributed by atoms with E-state index >= 15 is 0 Å². The molecule has 2 aliphatic carbocycles. The maximum absolute atomic E-state index is 13.2. The second-order valence-electron chi connectivity index (χ2n) is 12.4. The molecule has 4 heteroatoms.